The minimum atomic E-state index is 0.675. The fourth-order valence-electron chi connectivity index (χ4n) is 1.06. The molecule has 1 aromatic carbocycles. The predicted molar refractivity (Wildman–Crippen MR) is 53.9 cm³/mol. The quantitative estimate of drug-likeness (QED) is 0.721. The van der Waals surface area contributed by atoms with Gasteiger partial charge in [0.05, 0.1) is 12.9 Å². The molecule has 1 rings (SSSR count). The fourth-order valence-corrected chi connectivity index (χ4v) is 1.06. The van der Waals surface area contributed by atoms with Crippen LogP contribution in [-0.2, 0) is 0 Å². The summed E-state index contributed by atoms with van der Waals surface area (Å²) in [5.74, 6) is 0.858. The molecule has 2 heteroatoms. The van der Waals surface area contributed by atoms with E-state index in [9.17, 15) is 0 Å². The lowest BCUT2D eigenvalue weighted by atomic mass is 10.1. The summed E-state index contributed by atoms with van der Waals surface area (Å²) in [6.45, 7) is 4.48. The SMILES string of the molecule is CCOc1ccc(/C(C)=C/O)cc1. The van der Waals surface area contributed by atoms with Gasteiger partial charge in [-0.2, -0.15) is 0 Å². The molecule has 0 atom stereocenters. The van der Waals surface area contributed by atoms with Gasteiger partial charge in [-0.15, -0.1) is 0 Å². The molecular formula is C11H14O2. The Morgan fingerprint density at radius 3 is 2.46 bits per heavy atom. The molecule has 0 aliphatic heterocycles. The normalized spacial score (nSPS) is 11.4. The maximum atomic E-state index is 8.77. The molecule has 0 radical (unpaired) electrons. The van der Waals surface area contributed by atoms with Crippen molar-refractivity contribution in [3.63, 3.8) is 0 Å². The van der Waals surface area contributed by atoms with Gasteiger partial charge in [-0.05, 0) is 37.1 Å². The third-order valence-electron chi connectivity index (χ3n) is 1.81. The van der Waals surface area contributed by atoms with Crippen molar-refractivity contribution in [1.82, 2.24) is 0 Å². The Bertz CT molecular complexity index is 285. The van der Waals surface area contributed by atoms with Crippen molar-refractivity contribution in [1.29, 1.82) is 0 Å². The summed E-state index contributed by atoms with van der Waals surface area (Å²) in [5, 5.41) is 8.77. The van der Waals surface area contributed by atoms with Crippen molar-refractivity contribution in [2.24, 2.45) is 0 Å². The van der Waals surface area contributed by atoms with Gasteiger partial charge in [-0.3, -0.25) is 0 Å². The minimum absolute atomic E-state index is 0.675. The lowest BCUT2D eigenvalue weighted by molar-refractivity contribution is 0.340. The first-order valence-corrected chi connectivity index (χ1v) is 4.32. The van der Waals surface area contributed by atoms with Crippen molar-refractivity contribution >= 4 is 5.57 Å². The van der Waals surface area contributed by atoms with E-state index in [1.54, 1.807) is 0 Å². The number of allylic oxidation sites excluding steroid dienone is 1. The molecule has 0 heterocycles. The second-order valence-electron chi connectivity index (χ2n) is 2.77. The molecule has 70 valence electrons. The molecule has 13 heavy (non-hydrogen) atoms. The summed E-state index contributed by atoms with van der Waals surface area (Å²) in [5.41, 5.74) is 1.86. The van der Waals surface area contributed by atoms with E-state index in [0.29, 0.717) is 6.61 Å². The number of benzene rings is 1. The zero-order valence-electron chi connectivity index (χ0n) is 7.95. The van der Waals surface area contributed by atoms with Gasteiger partial charge in [-0.25, -0.2) is 0 Å². The Hall–Kier alpha value is -1.44. The van der Waals surface area contributed by atoms with Crippen LogP contribution in [0.3, 0.4) is 0 Å². The van der Waals surface area contributed by atoms with Crippen molar-refractivity contribution in [3.05, 3.63) is 36.1 Å². The largest absolute Gasteiger partial charge is 0.515 e. The van der Waals surface area contributed by atoms with Crippen LogP contribution in [0, 0.1) is 0 Å². The van der Waals surface area contributed by atoms with E-state index in [4.69, 9.17) is 9.84 Å². The van der Waals surface area contributed by atoms with Crippen molar-refractivity contribution in [2.75, 3.05) is 6.61 Å². The molecule has 1 aromatic rings. The second kappa shape index (κ2) is 4.55. The summed E-state index contributed by atoms with van der Waals surface area (Å²) in [6.07, 6.45) is 1.11. The topological polar surface area (TPSA) is 29.5 Å². The number of aliphatic hydroxyl groups excluding tert-OH is 1. The first-order valence-electron chi connectivity index (χ1n) is 4.32. The van der Waals surface area contributed by atoms with E-state index in [-0.39, 0.29) is 0 Å². The van der Waals surface area contributed by atoms with Crippen molar-refractivity contribution in [2.45, 2.75) is 13.8 Å². The van der Waals surface area contributed by atoms with Crippen LogP contribution in [0.25, 0.3) is 5.57 Å². The Balaban J connectivity index is 2.81. The van der Waals surface area contributed by atoms with Gasteiger partial charge in [0.2, 0.25) is 0 Å². The molecule has 0 aliphatic carbocycles. The lowest BCUT2D eigenvalue weighted by Crippen LogP contribution is -1.90. The highest BCUT2D eigenvalue weighted by molar-refractivity contribution is 5.62. The first kappa shape index (κ1) is 9.65. The van der Waals surface area contributed by atoms with E-state index in [2.05, 4.69) is 0 Å². The molecule has 0 aromatic heterocycles. The third-order valence-corrected chi connectivity index (χ3v) is 1.81. The van der Waals surface area contributed by atoms with Gasteiger partial charge in [0, 0.05) is 0 Å². The Morgan fingerprint density at radius 2 is 2.00 bits per heavy atom. The van der Waals surface area contributed by atoms with Crippen LogP contribution >= 0.6 is 0 Å². The van der Waals surface area contributed by atoms with Crippen LogP contribution in [-0.4, -0.2) is 11.7 Å². The van der Waals surface area contributed by atoms with Crippen molar-refractivity contribution in [3.8, 4) is 5.75 Å². The zero-order valence-corrected chi connectivity index (χ0v) is 7.95. The monoisotopic (exact) mass is 178 g/mol. The standard InChI is InChI=1S/C11H14O2/c1-3-13-11-6-4-10(5-7-11)9(2)8-12/h4-8,12H,3H2,1-2H3/b9-8+. The average Bonchev–Trinajstić information content (AvgIpc) is 2.18. The molecule has 0 saturated carbocycles. The minimum Gasteiger partial charge on any atom is -0.515 e. The van der Waals surface area contributed by atoms with Crippen LogP contribution in [0.15, 0.2) is 30.5 Å². The van der Waals surface area contributed by atoms with Crippen LogP contribution < -0.4 is 4.74 Å². The van der Waals surface area contributed by atoms with E-state index in [1.807, 2.05) is 38.1 Å². The van der Waals surface area contributed by atoms with Gasteiger partial charge >= 0.3 is 0 Å². The lowest BCUT2D eigenvalue weighted by Gasteiger charge is -2.04. The molecule has 0 aliphatic rings. The van der Waals surface area contributed by atoms with E-state index in [1.165, 1.54) is 0 Å². The Labute approximate surface area is 78.5 Å². The summed E-state index contributed by atoms with van der Waals surface area (Å²) >= 11 is 0. The number of hydrogen-bond donors (Lipinski definition) is 1. The van der Waals surface area contributed by atoms with Crippen LogP contribution in [0.5, 0.6) is 5.75 Å². The zero-order chi connectivity index (χ0) is 9.68. The molecule has 1 N–H and O–H groups in total. The third kappa shape index (κ3) is 2.51. The maximum absolute atomic E-state index is 8.77. The fraction of sp³-hybridized carbons (Fsp3) is 0.273. The highest BCUT2D eigenvalue weighted by Gasteiger charge is 1.95. The van der Waals surface area contributed by atoms with E-state index >= 15 is 0 Å². The summed E-state index contributed by atoms with van der Waals surface area (Å²) in [6, 6.07) is 7.64. The highest BCUT2D eigenvalue weighted by Crippen LogP contribution is 2.17. The summed E-state index contributed by atoms with van der Waals surface area (Å²) < 4.78 is 5.29. The van der Waals surface area contributed by atoms with Gasteiger partial charge in [0.25, 0.3) is 0 Å². The van der Waals surface area contributed by atoms with E-state index in [0.717, 1.165) is 23.1 Å². The number of rotatable bonds is 3. The molecule has 0 saturated heterocycles. The molecule has 0 spiro atoms. The Kier molecular flexibility index (Phi) is 3.38. The second-order valence-corrected chi connectivity index (χ2v) is 2.77. The maximum Gasteiger partial charge on any atom is 0.119 e. The molecule has 0 unspecified atom stereocenters. The predicted octanol–water partition coefficient (Wildman–Crippen LogP) is 3.00. The van der Waals surface area contributed by atoms with Crippen LogP contribution in [0.1, 0.15) is 19.4 Å². The molecule has 0 bridgehead atoms. The number of hydrogen-bond acceptors (Lipinski definition) is 2. The van der Waals surface area contributed by atoms with Gasteiger partial charge in [-0.1, -0.05) is 12.1 Å². The van der Waals surface area contributed by atoms with Gasteiger partial charge < -0.3 is 9.84 Å². The van der Waals surface area contributed by atoms with Crippen molar-refractivity contribution < 1.29 is 9.84 Å². The number of aliphatic hydroxyl groups is 1. The number of ether oxygens (including phenoxy) is 1. The molecular weight excluding hydrogens is 164 g/mol. The molecule has 0 amide bonds. The smallest absolute Gasteiger partial charge is 0.119 e. The van der Waals surface area contributed by atoms with Gasteiger partial charge in [0.15, 0.2) is 0 Å². The first-order chi connectivity index (χ1) is 6.27. The average molecular weight is 178 g/mol. The van der Waals surface area contributed by atoms with Crippen LogP contribution in [0.4, 0.5) is 0 Å². The highest BCUT2D eigenvalue weighted by atomic mass is 16.5. The van der Waals surface area contributed by atoms with Gasteiger partial charge in [0.1, 0.15) is 5.75 Å². The summed E-state index contributed by atoms with van der Waals surface area (Å²) in [4.78, 5) is 0. The Morgan fingerprint density at radius 1 is 1.38 bits per heavy atom. The summed E-state index contributed by atoms with van der Waals surface area (Å²) in [7, 11) is 0. The van der Waals surface area contributed by atoms with Crippen LogP contribution in [0.2, 0.25) is 0 Å². The van der Waals surface area contributed by atoms with E-state index < -0.39 is 0 Å². The molecule has 2 nitrogen and oxygen atoms in total. The molecule has 0 fully saturated rings.